The van der Waals surface area contributed by atoms with Crippen LogP contribution in [-0.2, 0) is 17.8 Å². The molecule has 0 saturated carbocycles. The fraction of sp³-hybridized carbons (Fsp3) is 0.214. The van der Waals surface area contributed by atoms with Gasteiger partial charge in [-0.15, -0.1) is 0 Å². The number of aromatic nitrogens is 1. The van der Waals surface area contributed by atoms with Crippen molar-refractivity contribution in [3.63, 3.8) is 0 Å². The fourth-order valence-electron chi connectivity index (χ4n) is 2.24. The number of rotatable bonds is 3. The molecule has 3 N–H and O–H groups in total. The fourth-order valence-corrected chi connectivity index (χ4v) is 2.24. The summed E-state index contributed by atoms with van der Waals surface area (Å²) in [5, 5.41) is 6.18. The van der Waals surface area contributed by atoms with Crippen molar-refractivity contribution in [1.82, 2.24) is 10.3 Å². The highest BCUT2D eigenvalue weighted by Gasteiger charge is 2.25. The minimum absolute atomic E-state index is 0.0485. The molecule has 2 aromatic rings. The lowest BCUT2D eigenvalue weighted by molar-refractivity contribution is -0.121. The zero-order valence-electron chi connectivity index (χ0n) is 9.94. The largest absolute Gasteiger partial charge is 0.373 e. The Labute approximate surface area is 105 Å². The van der Waals surface area contributed by atoms with E-state index in [0.717, 1.165) is 17.7 Å². The molecule has 1 unspecified atom stereocenters. The normalized spacial score (nSPS) is 17.0. The molecule has 0 bridgehead atoms. The number of fused-ring (bicyclic) bond motifs is 1. The number of carbonyl (C=O) groups is 1. The maximum Gasteiger partial charge on any atom is 0.243 e. The second-order valence-electron chi connectivity index (χ2n) is 4.50. The van der Waals surface area contributed by atoms with Crippen LogP contribution in [0.5, 0.6) is 0 Å². The maximum absolute atomic E-state index is 12.0. The van der Waals surface area contributed by atoms with Crippen molar-refractivity contribution in [3.8, 4) is 0 Å². The molecule has 4 heteroatoms. The average molecular weight is 241 g/mol. The van der Waals surface area contributed by atoms with E-state index < -0.39 is 0 Å². The second kappa shape index (κ2) is 4.56. The summed E-state index contributed by atoms with van der Waals surface area (Å²) in [4.78, 5) is 15.0. The maximum atomic E-state index is 12.0. The molecule has 0 saturated heterocycles. The molecule has 3 rings (SSSR count). The molecule has 1 atom stereocenters. The van der Waals surface area contributed by atoms with Crippen LogP contribution in [0.4, 0.5) is 5.69 Å². The third-order valence-electron chi connectivity index (χ3n) is 3.22. The van der Waals surface area contributed by atoms with Crippen LogP contribution in [-0.4, -0.2) is 16.9 Å². The number of H-pyrrole nitrogens is 1. The molecule has 0 aliphatic carbocycles. The van der Waals surface area contributed by atoms with E-state index in [1.54, 1.807) is 0 Å². The van der Waals surface area contributed by atoms with Crippen molar-refractivity contribution in [1.29, 1.82) is 0 Å². The number of nitrogens with one attached hydrogen (secondary N) is 3. The first-order valence-corrected chi connectivity index (χ1v) is 6.07. The van der Waals surface area contributed by atoms with E-state index in [4.69, 9.17) is 0 Å². The number of hydrogen-bond acceptors (Lipinski definition) is 2. The third kappa shape index (κ3) is 2.09. The van der Waals surface area contributed by atoms with Gasteiger partial charge in [0.25, 0.3) is 0 Å². The SMILES string of the molecule is O=C(NCc1cc[nH]c1)C1Cc2ccccc2N1. The van der Waals surface area contributed by atoms with Gasteiger partial charge in [0.15, 0.2) is 0 Å². The van der Waals surface area contributed by atoms with Crippen LogP contribution in [0, 0.1) is 0 Å². The van der Waals surface area contributed by atoms with Crippen molar-refractivity contribution < 1.29 is 4.79 Å². The van der Waals surface area contributed by atoms with E-state index in [1.165, 1.54) is 5.56 Å². The van der Waals surface area contributed by atoms with Gasteiger partial charge in [0.05, 0.1) is 0 Å². The van der Waals surface area contributed by atoms with E-state index in [9.17, 15) is 4.79 Å². The molecule has 1 aliphatic heterocycles. The van der Waals surface area contributed by atoms with Gasteiger partial charge < -0.3 is 15.6 Å². The van der Waals surface area contributed by atoms with Crippen LogP contribution >= 0.6 is 0 Å². The van der Waals surface area contributed by atoms with Crippen LogP contribution in [0.25, 0.3) is 0 Å². The predicted octanol–water partition coefficient (Wildman–Crippen LogP) is 1.67. The molecular formula is C14H15N3O. The summed E-state index contributed by atoms with van der Waals surface area (Å²) in [6.45, 7) is 0.566. The predicted molar refractivity (Wildman–Crippen MR) is 70.2 cm³/mol. The summed E-state index contributed by atoms with van der Waals surface area (Å²) in [6.07, 6.45) is 4.50. The first-order valence-electron chi connectivity index (χ1n) is 6.07. The number of para-hydroxylation sites is 1. The van der Waals surface area contributed by atoms with E-state index in [1.807, 2.05) is 36.7 Å². The zero-order valence-corrected chi connectivity index (χ0v) is 9.94. The Kier molecular flexibility index (Phi) is 2.76. The minimum Gasteiger partial charge on any atom is -0.373 e. The molecule has 1 amide bonds. The summed E-state index contributed by atoms with van der Waals surface area (Å²) < 4.78 is 0. The van der Waals surface area contributed by atoms with Crippen LogP contribution < -0.4 is 10.6 Å². The smallest absolute Gasteiger partial charge is 0.243 e. The molecule has 0 fully saturated rings. The van der Waals surface area contributed by atoms with Crippen molar-refractivity contribution in [2.75, 3.05) is 5.32 Å². The molecule has 1 aromatic carbocycles. The molecule has 1 aromatic heterocycles. The van der Waals surface area contributed by atoms with Gasteiger partial charge in [-0.05, 0) is 23.3 Å². The number of carbonyl (C=O) groups excluding carboxylic acids is 1. The number of anilines is 1. The summed E-state index contributed by atoms with van der Waals surface area (Å²) >= 11 is 0. The van der Waals surface area contributed by atoms with Crippen LogP contribution in [0.1, 0.15) is 11.1 Å². The van der Waals surface area contributed by atoms with E-state index in [2.05, 4.69) is 21.7 Å². The van der Waals surface area contributed by atoms with E-state index in [0.29, 0.717) is 6.54 Å². The summed E-state index contributed by atoms with van der Waals surface area (Å²) in [7, 11) is 0. The molecule has 18 heavy (non-hydrogen) atoms. The molecule has 1 aliphatic rings. The van der Waals surface area contributed by atoms with E-state index in [-0.39, 0.29) is 11.9 Å². The van der Waals surface area contributed by atoms with Gasteiger partial charge in [-0.25, -0.2) is 0 Å². The molecule has 92 valence electrons. The monoisotopic (exact) mass is 241 g/mol. The summed E-state index contributed by atoms with van der Waals surface area (Å²) in [6, 6.07) is 9.85. The molecular weight excluding hydrogens is 226 g/mol. The topological polar surface area (TPSA) is 56.9 Å². The Morgan fingerprint density at radius 1 is 1.33 bits per heavy atom. The molecule has 4 nitrogen and oxygen atoms in total. The summed E-state index contributed by atoms with van der Waals surface area (Å²) in [5.41, 5.74) is 3.36. The van der Waals surface area contributed by atoms with Crippen molar-refractivity contribution in [2.45, 2.75) is 19.0 Å². The second-order valence-corrected chi connectivity index (χ2v) is 4.50. The summed E-state index contributed by atoms with van der Waals surface area (Å²) in [5.74, 6) is 0.0485. The first-order chi connectivity index (χ1) is 8.83. The standard InChI is InChI=1S/C14H15N3O/c18-14(16-9-10-5-6-15-8-10)13-7-11-3-1-2-4-12(11)17-13/h1-6,8,13,15,17H,7,9H2,(H,16,18). The Morgan fingerprint density at radius 2 is 2.22 bits per heavy atom. The molecule has 0 spiro atoms. The van der Waals surface area contributed by atoms with Crippen LogP contribution in [0.3, 0.4) is 0 Å². The number of benzene rings is 1. The highest BCUT2D eigenvalue weighted by molar-refractivity contribution is 5.87. The molecule has 2 heterocycles. The Bertz CT molecular complexity index is 523. The van der Waals surface area contributed by atoms with Crippen LogP contribution in [0.2, 0.25) is 0 Å². The van der Waals surface area contributed by atoms with Gasteiger partial charge in [-0.2, -0.15) is 0 Å². The zero-order chi connectivity index (χ0) is 12.4. The molecule has 0 radical (unpaired) electrons. The van der Waals surface area contributed by atoms with Gasteiger partial charge in [0.1, 0.15) is 6.04 Å². The van der Waals surface area contributed by atoms with Gasteiger partial charge in [0, 0.05) is 31.0 Å². The third-order valence-corrected chi connectivity index (χ3v) is 3.22. The Hall–Kier alpha value is -2.23. The number of aromatic amines is 1. The lowest BCUT2D eigenvalue weighted by Gasteiger charge is -2.11. The highest BCUT2D eigenvalue weighted by Crippen LogP contribution is 2.25. The Morgan fingerprint density at radius 3 is 3.00 bits per heavy atom. The lowest BCUT2D eigenvalue weighted by Crippen LogP contribution is -2.37. The number of hydrogen-bond donors (Lipinski definition) is 3. The van der Waals surface area contributed by atoms with Crippen molar-refractivity contribution >= 4 is 11.6 Å². The first kappa shape index (κ1) is 10.9. The van der Waals surface area contributed by atoms with Crippen molar-refractivity contribution in [2.24, 2.45) is 0 Å². The highest BCUT2D eigenvalue weighted by atomic mass is 16.2. The Balaban J connectivity index is 1.59. The van der Waals surface area contributed by atoms with Gasteiger partial charge >= 0.3 is 0 Å². The minimum atomic E-state index is -0.152. The van der Waals surface area contributed by atoms with Crippen molar-refractivity contribution in [3.05, 3.63) is 53.9 Å². The van der Waals surface area contributed by atoms with Gasteiger partial charge in [-0.1, -0.05) is 18.2 Å². The van der Waals surface area contributed by atoms with Gasteiger partial charge in [0.2, 0.25) is 5.91 Å². The van der Waals surface area contributed by atoms with Crippen LogP contribution in [0.15, 0.2) is 42.7 Å². The average Bonchev–Trinajstić information content (AvgIpc) is 3.04. The quantitative estimate of drug-likeness (QED) is 0.765. The van der Waals surface area contributed by atoms with Gasteiger partial charge in [-0.3, -0.25) is 4.79 Å². The lowest BCUT2D eigenvalue weighted by atomic mass is 10.1. The number of amides is 1. The van der Waals surface area contributed by atoms with E-state index >= 15 is 0 Å².